The number of ether oxygens (including phenoxy) is 2. The van der Waals surface area contributed by atoms with Crippen LogP contribution in [0, 0.1) is 13.8 Å². The second-order valence-corrected chi connectivity index (χ2v) is 33.9. The summed E-state index contributed by atoms with van der Waals surface area (Å²) in [6.07, 6.45) is 3.54. The number of methoxy groups -OCH3 is 1. The van der Waals surface area contributed by atoms with Crippen LogP contribution in [0.4, 0.5) is 5.69 Å². The van der Waals surface area contributed by atoms with Gasteiger partial charge in [-0.05, 0) is 168 Å². The van der Waals surface area contributed by atoms with E-state index in [1.807, 2.05) is 141 Å². The Kier molecular flexibility index (Phi) is 29.4. The van der Waals surface area contributed by atoms with Gasteiger partial charge in [-0.3, -0.25) is 29.6 Å². The molecule has 10 aromatic carbocycles. The molecule has 6 N–H and O–H groups in total. The number of likely N-dealkylation sites (N-methyl/N-ethyl adjacent to an activating group) is 1. The van der Waals surface area contributed by atoms with Gasteiger partial charge in [-0.1, -0.05) is 195 Å². The van der Waals surface area contributed by atoms with Crippen molar-refractivity contribution in [3.05, 3.63) is 291 Å². The Morgan fingerprint density at radius 1 is 0.641 bits per heavy atom. The molecule has 28 heteroatoms. The van der Waals surface area contributed by atoms with Crippen LogP contribution in [-0.2, 0) is 25.7 Å². The number of aryl methyl sites for hydroxylation is 2. The fourth-order valence-corrected chi connectivity index (χ4v) is 16.6. The Morgan fingerprint density at radius 2 is 1.32 bits per heavy atom. The van der Waals surface area contributed by atoms with E-state index in [4.69, 9.17) is 50.2 Å². The van der Waals surface area contributed by atoms with Crippen LogP contribution < -0.4 is 32.3 Å². The zero-order valence-corrected chi connectivity index (χ0v) is 74.9. The number of H-pyrrole nitrogens is 1. The lowest BCUT2D eigenvalue weighted by Crippen LogP contribution is -2.32. The second-order valence-electron chi connectivity index (χ2n) is 30.5. The highest BCUT2D eigenvalue weighted by Gasteiger charge is 2.28. The van der Waals surface area contributed by atoms with Gasteiger partial charge >= 0.3 is 11.6 Å². The predicted molar refractivity (Wildman–Crippen MR) is 515 cm³/mol. The number of carbonyl (C=O) groups excluding carboxylic acids is 3. The van der Waals surface area contributed by atoms with Crippen LogP contribution in [0.1, 0.15) is 83.0 Å². The first-order valence-corrected chi connectivity index (χ1v) is 45.1. The lowest BCUT2D eigenvalue weighted by atomic mass is 10.0. The zero-order chi connectivity index (χ0) is 90.1. The van der Waals surface area contributed by atoms with E-state index < -0.39 is 9.71 Å². The topological polar surface area (TPSA) is 327 Å². The molecule has 0 aliphatic heterocycles. The van der Waals surface area contributed by atoms with Crippen molar-refractivity contribution >= 4 is 127 Å². The smallest absolute Gasteiger partial charge is 0.346 e. The first kappa shape index (κ1) is 90.5. The molecule has 1 unspecified atom stereocenters. The van der Waals surface area contributed by atoms with Crippen LogP contribution in [0.25, 0.3) is 143 Å². The number of hydrogen-bond acceptors (Lipinski definition) is 21. The van der Waals surface area contributed by atoms with E-state index in [1.54, 1.807) is 72.6 Å². The fourth-order valence-electron chi connectivity index (χ4n) is 14.9. The average Bonchev–Trinajstić information content (AvgIpc) is 1.58. The Morgan fingerprint density at radius 3 is 2.02 bits per heavy atom. The van der Waals surface area contributed by atoms with Gasteiger partial charge in [-0.2, -0.15) is 10.2 Å². The number of hydrogen-bond donors (Lipinski definition) is 5. The number of fused-ring (bicyclic) bond motifs is 10. The van der Waals surface area contributed by atoms with Gasteiger partial charge in [0.15, 0.2) is 11.5 Å². The molecule has 25 nitrogen and oxygen atoms in total. The SMILES string of the molecule is C=S(N)(=O)c1ccc2nc3c(nc2c1)-c1cccc2cccc-3c12.CCCNC(=O)c1cc(-c2ccccc2)n[nH]1.CCN(CC)CCn1nc2c3c(cccc3c1=O)-c1ccccc1-2.CCOC(=O)c1cnc2c(C)c(C)ccc2c1NCCCN(C)C.COCCNC(=O)c1cc(-c2ccccc2)on1.O=c1oc2ccc(Cl)cc2cc1-c1nc2ccccc2s1. The van der Waals surface area contributed by atoms with Crippen LogP contribution in [0.5, 0.6) is 0 Å². The van der Waals surface area contributed by atoms with Crippen molar-refractivity contribution < 1.29 is 37.0 Å². The van der Waals surface area contributed by atoms with Crippen LogP contribution in [0.2, 0.25) is 5.02 Å². The summed E-state index contributed by atoms with van der Waals surface area (Å²) in [5.41, 5.74) is 19.2. The van der Waals surface area contributed by atoms with Crippen molar-refractivity contribution in [1.29, 1.82) is 0 Å². The fraction of sp³-hybridized carbons (Fsp3) is 0.210. The number of nitrogens with one attached hydrogen (secondary N) is 4. The minimum absolute atomic E-state index is 0.00978. The van der Waals surface area contributed by atoms with Crippen molar-refractivity contribution in [2.24, 2.45) is 5.14 Å². The molecule has 7 aromatic heterocycles. The highest BCUT2D eigenvalue weighted by atomic mass is 35.5. The van der Waals surface area contributed by atoms with Gasteiger partial charge < -0.3 is 44.2 Å². The largest absolute Gasteiger partial charge is 0.462 e. The maximum Gasteiger partial charge on any atom is 0.346 e. The number of amides is 2. The highest BCUT2D eigenvalue weighted by Crippen LogP contribution is 2.47. The summed E-state index contributed by atoms with van der Waals surface area (Å²) in [5, 5.41) is 37.1. The quantitative estimate of drug-likeness (QED) is 0.0172. The van der Waals surface area contributed by atoms with Crippen LogP contribution in [0.3, 0.4) is 0 Å². The summed E-state index contributed by atoms with van der Waals surface area (Å²) in [6, 6.07) is 73.4. The van der Waals surface area contributed by atoms with E-state index in [2.05, 4.69) is 147 Å². The van der Waals surface area contributed by atoms with Gasteiger partial charge in [0, 0.05) is 105 Å². The molecular weight excluding hydrogens is 1670 g/mol. The van der Waals surface area contributed by atoms with E-state index in [0.717, 1.165) is 156 Å². The number of para-hydroxylation sites is 1. The summed E-state index contributed by atoms with van der Waals surface area (Å²) >= 11 is 7.46. The number of pyridine rings is 1. The van der Waals surface area contributed by atoms with Gasteiger partial charge in [0.2, 0.25) is 0 Å². The Bertz CT molecular complexity index is 7120. The predicted octanol–water partition coefficient (Wildman–Crippen LogP) is 18.8. The number of benzene rings is 10. The van der Waals surface area contributed by atoms with Crippen molar-refractivity contribution in [3.63, 3.8) is 0 Å². The molecule has 2 aliphatic carbocycles. The zero-order valence-electron chi connectivity index (χ0n) is 72.5. The van der Waals surface area contributed by atoms with Crippen LogP contribution in [-0.4, -0.2) is 163 Å². The molecule has 19 rings (SSSR count). The number of halogens is 1. The first-order chi connectivity index (χ1) is 62.0. The lowest BCUT2D eigenvalue weighted by Gasteiger charge is -2.18. The number of anilines is 1. The van der Waals surface area contributed by atoms with Crippen LogP contribution >= 0.6 is 22.9 Å². The summed E-state index contributed by atoms with van der Waals surface area (Å²) in [7, 11) is 2.92. The molecule has 0 fully saturated rings. The number of nitrogens with zero attached hydrogens (tertiary/aromatic N) is 10. The van der Waals surface area contributed by atoms with E-state index in [0.29, 0.717) is 81.5 Å². The van der Waals surface area contributed by atoms with Crippen molar-refractivity contribution in [2.45, 2.75) is 65.8 Å². The van der Waals surface area contributed by atoms with Crippen LogP contribution in [0.15, 0.2) is 260 Å². The third-order valence-corrected chi connectivity index (χ3v) is 24.0. The van der Waals surface area contributed by atoms with Gasteiger partial charge in [-0.15, -0.1) is 11.3 Å². The molecule has 0 bridgehead atoms. The average molecular weight is 1770 g/mol. The second kappa shape index (κ2) is 41.6. The summed E-state index contributed by atoms with van der Waals surface area (Å²) < 4.78 is 35.2. The van der Waals surface area contributed by atoms with E-state index in [9.17, 15) is 28.2 Å². The molecule has 0 saturated carbocycles. The number of thiazole rings is 1. The van der Waals surface area contributed by atoms with Gasteiger partial charge in [0.05, 0.1) is 90.0 Å². The third-order valence-electron chi connectivity index (χ3n) is 21.6. The molecule has 652 valence electrons. The minimum atomic E-state index is -2.77. The Balaban J connectivity index is 0.000000125. The number of rotatable bonds is 23. The van der Waals surface area contributed by atoms with E-state index in [1.165, 1.54) is 33.2 Å². The standard InChI is InChI=1S/C20H21N3O.C19H27N3O2.C19H13N3OS.C16H8ClNO2S.C13H15N3O.C13H14N2O3/c1-3-22(4-2)12-13-23-20(24)17-11-7-10-15-14-8-5-6-9-16(14)19(21-23)18(15)17;1-6-24-19(23)16-12-21-17-14(3)13(2)8-9-15(17)18(16)20-10-7-11-22(4)5;1-24(20,23)12-8-9-15-16(10-12)22-19-14-7-3-5-11-4-2-6-13(17(11)14)18(19)21-15;17-10-5-6-13-9(7-10)8-11(16(19)20-13)15-18-12-3-1-2-4-14(12)21-15;1-2-8-14-13(17)12-9-11(15-16-12)10-6-4-3-5-7-10;1-17-8-7-14-13(16)11-9-12(18-15-11)10-5-3-2-4-6-10/h5-11H,3-4,12-13H2,1-2H3;8-9,12H,6-7,10-11H2,1-5H3,(H,20,21);2-10H,1H2,(H2,20,23);1-8H;3-7,9H,2,8H2,1H3,(H,14,17)(H,15,16);2-6,9H,7-8H2,1H3,(H,14,16). The van der Waals surface area contributed by atoms with E-state index >= 15 is 0 Å². The number of esters is 1. The van der Waals surface area contributed by atoms with Crippen molar-refractivity contribution in [2.75, 3.05) is 85.5 Å². The summed E-state index contributed by atoms with van der Waals surface area (Å²) in [5.74, 6) is 3.41. The Hall–Kier alpha value is -13.8. The molecule has 17 aromatic rings. The molecule has 2 amide bonds. The molecule has 7 heterocycles. The Labute approximate surface area is 749 Å². The summed E-state index contributed by atoms with van der Waals surface area (Å²) in [4.78, 5) is 84.2. The monoisotopic (exact) mass is 1770 g/mol. The molecule has 0 saturated heterocycles. The molecule has 2 aliphatic rings. The molecule has 0 radical (unpaired) electrons. The van der Waals surface area contributed by atoms with Gasteiger partial charge in [0.25, 0.3) is 17.4 Å². The van der Waals surface area contributed by atoms with Gasteiger partial charge in [0.1, 0.15) is 27.5 Å². The third kappa shape index (κ3) is 20.8. The summed E-state index contributed by atoms with van der Waals surface area (Å²) in [6.45, 7) is 19.4. The van der Waals surface area contributed by atoms with E-state index in [-0.39, 0.29) is 34.7 Å². The maximum atomic E-state index is 12.9. The van der Waals surface area contributed by atoms with Gasteiger partial charge in [-0.25, -0.2) is 33.4 Å². The number of aromatic nitrogens is 9. The molecular formula is C100H98ClN15O10S2. The minimum Gasteiger partial charge on any atom is -0.462 e. The van der Waals surface area contributed by atoms with Crippen molar-refractivity contribution in [3.8, 4) is 78.1 Å². The maximum absolute atomic E-state index is 12.9. The number of carbonyl (C=O) groups is 3. The molecule has 1 atom stereocenters. The normalized spacial score (nSPS) is 11.8. The lowest BCUT2D eigenvalue weighted by molar-refractivity contribution is 0.0526. The molecule has 0 spiro atoms. The molecule has 128 heavy (non-hydrogen) atoms. The first-order valence-electron chi connectivity index (χ1n) is 42.1. The number of aromatic amines is 1. The highest BCUT2D eigenvalue weighted by molar-refractivity contribution is 7.98. The van der Waals surface area contributed by atoms with Crippen molar-refractivity contribution in [1.82, 2.24) is 65.5 Å². The number of nitrogens with two attached hydrogens (primary N) is 1.